The van der Waals surface area contributed by atoms with Crippen LogP contribution in [0.5, 0.6) is 0 Å². The summed E-state index contributed by atoms with van der Waals surface area (Å²) in [6, 6.07) is 10.7. The lowest BCUT2D eigenvalue weighted by atomic mass is 9.95. The smallest absolute Gasteiger partial charge is 0.112 e. The van der Waals surface area contributed by atoms with Crippen molar-refractivity contribution >= 4 is 34.5 Å². The minimum Gasteiger partial charge on any atom is -0.326 e. The summed E-state index contributed by atoms with van der Waals surface area (Å²) in [5.41, 5.74) is 8.72. The summed E-state index contributed by atoms with van der Waals surface area (Å²) < 4.78 is 0.671. The average molecular weight is 327 g/mol. The molecule has 106 valence electrons. The normalized spacial score (nSPS) is 23.4. The van der Waals surface area contributed by atoms with E-state index in [1.807, 2.05) is 11.4 Å². The highest BCUT2D eigenvalue weighted by Crippen LogP contribution is 2.34. The van der Waals surface area contributed by atoms with E-state index >= 15 is 0 Å². The van der Waals surface area contributed by atoms with E-state index in [0.29, 0.717) is 15.3 Å². The van der Waals surface area contributed by atoms with Crippen LogP contribution >= 0.6 is 34.5 Å². The zero-order chi connectivity index (χ0) is 14.1. The fourth-order valence-corrected chi connectivity index (χ4v) is 4.04. The Morgan fingerprint density at radius 3 is 2.60 bits per heavy atom. The van der Waals surface area contributed by atoms with Gasteiger partial charge in [-0.25, -0.2) is 0 Å². The van der Waals surface area contributed by atoms with E-state index in [2.05, 4.69) is 29.2 Å². The van der Waals surface area contributed by atoms with Crippen molar-refractivity contribution < 1.29 is 0 Å². The number of nitrogens with two attached hydrogens (primary N) is 1. The molecule has 3 rings (SSSR count). The first-order valence-corrected chi connectivity index (χ1v) is 8.23. The van der Waals surface area contributed by atoms with Crippen LogP contribution in [0.25, 0.3) is 0 Å². The van der Waals surface area contributed by atoms with Gasteiger partial charge in [0.2, 0.25) is 0 Å². The molecule has 0 radical (unpaired) electrons. The lowest BCUT2D eigenvalue weighted by molar-refractivity contribution is 0.324. The lowest BCUT2D eigenvalue weighted by Gasteiger charge is -2.15. The van der Waals surface area contributed by atoms with Gasteiger partial charge in [-0.1, -0.05) is 53.5 Å². The van der Waals surface area contributed by atoms with Gasteiger partial charge < -0.3 is 5.73 Å². The number of rotatable bonds is 3. The maximum absolute atomic E-state index is 6.30. The third-order valence-electron chi connectivity index (χ3n) is 3.82. The molecule has 2 nitrogen and oxygen atoms in total. The fraction of sp³-hybridized carbons (Fsp3) is 0.333. The number of likely N-dealkylation sites (tertiary alicyclic amines) is 1. The van der Waals surface area contributed by atoms with E-state index in [1.54, 1.807) is 0 Å². The molecule has 5 heteroatoms. The Hall–Kier alpha value is -0.580. The molecule has 0 amide bonds. The summed E-state index contributed by atoms with van der Waals surface area (Å²) in [7, 11) is 0. The molecule has 2 N–H and O–H groups in total. The van der Waals surface area contributed by atoms with E-state index in [9.17, 15) is 0 Å². The molecule has 1 aromatic heterocycles. The monoisotopic (exact) mass is 326 g/mol. The van der Waals surface area contributed by atoms with Crippen LogP contribution in [0.15, 0.2) is 35.7 Å². The van der Waals surface area contributed by atoms with Crippen molar-refractivity contribution in [3.8, 4) is 0 Å². The van der Waals surface area contributed by atoms with Crippen LogP contribution < -0.4 is 5.73 Å². The highest BCUT2D eigenvalue weighted by molar-refractivity contribution is 7.15. The number of hydrogen-bond donors (Lipinski definition) is 1. The fourth-order valence-electron chi connectivity index (χ4n) is 2.80. The van der Waals surface area contributed by atoms with Crippen LogP contribution in [-0.4, -0.2) is 24.0 Å². The van der Waals surface area contributed by atoms with Crippen LogP contribution in [0.3, 0.4) is 0 Å². The second-order valence-corrected chi connectivity index (χ2v) is 7.08. The predicted molar refractivity (Wildman–Crippen MR) is 86.8 cm³/mol. The summed E-state index contributed by atoms with van der Waals surface area (Å²) in [5.74, 6) is 0.393. The standard InChI is InChI=1S/C15H16Cl2N2S/c16-14-11(9-20-15(14)17)6-19-7-12(13(18)8-19)10-4-2-1-3-5-10/h1-5,9,12-13H,6-8,18H2/t12-,13+/m0/s1. The van der Waals surface area contributed by atoms with Crippen molar-refractivity contribution in [1.29, 1.82) is 0 Å². The highest BCUT2D eigenvalue weighted by atomic mass is 35.5. The molecule has 0 spiro atoms. The Morgan fingerprint density at radius 1 is 1.20 bits per heavy atom. The summed E-state index contributed by atoms with van der Waals surface area (Å²) in [6.45, 7) is 2.68. The number of benzene rings is 1. The van der Waals surface area contributed by atoms with E-state index in [4.69, 9.17) is 28.9 Å². The van der Waals surface area contributed by atoms with Crippen LogP contribution in [0.2, 0.25) is 9.36 Å². The Labute approximate surface area is 133 Å². The molecular formula is C15H16Cl2N2S. The second-order valence-electron chi connectivity index (χ2n) is 5.22. The first-order chi connectivity index (χ1) is 9.65. The number of nitrogens with zero attached hydrogens (tertiary/aromatic N) is 1. The highest BCUT2D eigenvalue weighted by Gasteiger charge is 2.31. The molecule has 1 aromatic carbocycles. The molecule has 2 heterocycles. The first kappa shape index (κ1) is 14.4. The van der Waals surface area contributed by atoms with Crippen molar-refractivity contribution in [3.63, 3.8) is 0 Å². The maximum atomic E-state index is 6.30. The van der Waals surface area contributed by atoms with Gasteiger partial charge in [0.25, 0.3) is 0 Å². The van der Waals surface area contributed by atoms with Crippen molar-refractivity contribution in [1.82, 2.24) is 4.90 Å². The Kier molecular flexibility index (Phi) is 4.34. The molecule has 1 fully saturated rings. The Bertz CT molecular complexity index is 585. The molecule has 1 saturated heterocycles. The molecule has 1 aliphatic heterocycles. The van der Waals surface area contributed by atoms with Crippen molar-refractivity contribution in [2.75, 3.05) is 13.1 Å². The molecule has 2 aromatic rings. The summed E-state index contributed by atoms with van der Waals surface area (Å²) in [5, 5.41) is 2.72. The minimum absolute atomic E-state index is 0.172. The van der Waals surface area contributed by atoms with Crippen LogP contribution in [0.4, 0.5) is 0 Å². The van der Waals surface area contributed by atoms with Gasteiger partial charge in [0, 0.05) is 31.6 Å². The van der Waals surface area contributed by atoms with E-state index < -0.39 is 0 Å². The Morgan fingerprint density at radius 2 is 1.95 bits per heavy atom. The van der Waals surface area contributed by atoms with E-state index in [1.165, 1.54) is 16.9 Å². The molecule has 0 saturated carbocycles. The van der Waals surface area contributed by atoms with Crippen LogP contribution in [-0.2, 0) is 6.54 Å². The van der Waals surface area contributed by atoms with Gasteiger partial charge in [-0.05, 0) is 16.5 Å². The zero-order valence-corrected chi connectivity index (χ0v) is 13.3. The van der Waals surface area contributed by atoms with Crippen molar-refractivity contribution in [3.05, 3.63) is 56.2 Å². The first-order valence-electron chi connectivity index (χ1n) is 6.59. The van der Waals surface area contributed by atoms with Gasteiger partial charge in [0.1, 0.15) is 4.34 Å². The molecule has 1 aliphatic rings. The lowest BCUT2D eigenvalue weighted by Crippen LogP contribution is -2.28. The largest absolute Gasteiger partial charge is 0.326 e. The molecule has 0 unspecified atom stereocenters. The summed E-state index contributed by atoms with van der Waals surface area (Å²) in [6.07, 6.45) is 0. The molecule has 2 atom stereocenters. The van der Waals surface area contributed by atoms with Gasteiger partial charge >= 0.3 is 0 Å². The Balaban J connectivity index is 1.71. The quantitative estimate of drug-likeness (QED) is 0.924. The van der Waals surface area contributed by atoms with Gasteiger partial charge in [-0.3, -0.25) is 4.90 Å². The third kappa shape index (κ3) is 2.87. The SMILES string of the molecule is N[C@@H]1CN(Cc2csc(Cl)c2Cl)C[C@H]1c1ccccc1. The average Bonchev–Trinajstić information content (AvgIpc) is 2.97. The number of thiophene rings is 1. The third-order valence-corrected chi connectivity index (χ3v) is 5.73. The summed E-state index contributed by atoms with van der Waals surface area (Å²) >= 11 is 13.7. The predicted octanol–water partition coefficient (Wildman–Crippen LogP) is 3.98. The second kappa shape index (κ2) is 6.04. The summed E-state index contributed by atoms with van der Waals surface area (Å²) in [4.78, 5) is 2.35. The molecule has 0 aliphatic carbocycles. The molecule has 0 bridgehead atoms. The van der Waals surface area contributed by atoms with Crippen molar-refractivity contribution in [2.45, 2.75) is 18.5 Å². The van der Waals surface area contributed by atoms with Crippen LogP contribution in [0.1, 0.15) is 17.0 Å². The number of hydrogen-bond acceptors (Lipinski definition) is 3. The molecular weight excluding hydrogens is 311 g/mol. The zero-order valence-electron chi connectivity index (χ0n) is 10.9. The van der Waals surface area contributed by atoms with Crippen LogP contribution in [0, 0.1) is 0 Å². The van der Waals surface area contributed by atoms with E-state index in [-0.39, 0.29) is 6.04 Å². The molecule has 20 heavy (non-hydrogen) atoms. The topological polar surface area (TPSA) is 29.3 Å². The van der Waals surface area contributed by atoms with Gasteiger partial charge in [0.05, 0.1) is 5.02 Å². The van der Waals surface area contributed by atoms with Gasteiger partial charge in [-0.15, -0.1) is 11.3 Å². The minimum atomic E-state index is 0.172. The van der Waals surface area contributed by atoms with Gasteiger partial charge in [0.15, 0.2) is 0 Å². The van der Waals surface area contributed by atoms with E-state index in [0.717, 1.165) is 25.2 Å². The van der Waals surface area contributed by atoms with Gasteiger partial charge in [-0.2, -0.15) is 0 Å². The van der Waals surface area contributed by atoms with Crippen molar-refractivity contribution in [2.24, 2.45) is 5.73 Å². The number of halogens is 2. The maximum Gasteiger partial charge on any atom is 0.112 e.